The highest BCUT2D eigenvalue weighted by Crippen LogP contribution is 2.32. The number of rotatable bonds is 3. The molecule has 2 aromatic carbocycles. The summed E-state index contributed by atoms with van der Waals surface area (Å²) in [7, 11) is 1.49. The van der Waals surface area contributed by atoms with Crippen molar-refractivity contribution < 1.29 is 9.53 Å². The number of hydrogen-bond donors (Lipinski definition) is 0. The summed E-state index contributed by atoms with van der Waals surface area (Å²) < 4.78 is 5.95. The fourth-order valence-electron chi connectivity index (χ4n) is 1.62. The number of carbonyl (C=O) groups is 1. The fourth-order valence-corrected chi connectivity index (χ4v) is 2.36. The third kappa shape index (κ3) is 3.11. The molecule has 5 heteroatoms. The van der Waals surface area contributed by atoms with E-state index in [0.717, 1.165) is 4.47 Å². The Morgan fingerprint density at radius 2 is 1.74 bits per heavy atom. The lowest BCUT2D eigenvalue weighted by molar-refractivity contribution is 0.103. The number of benzene rings is 2. The molecular weight excluding hydrogens is 351 g/mol. The zero-order chi connectivity index (χ0) is 14.0. The van der Waals surface area contributed by atoms with E-state index in [2.05, 4.69) is 15.9 Å². The number of halogens is 3. The number of ether oxygens (including phenoxy) is 1. The molecule has 0 atom stereocenters. The monoisotopic (exact) mass is 358 g/mol. The third-order valence-electron chi connectivity index (χ3n) is 2.59. The van der Waals surface area contributed by atoms with Gasteiger partial charge in [0.2, 0.25) is 0 Å². The fraction of sp³-hybridized carbons (Fsp3) is 0.0714. The second-order valence-corrected chi connectivity index (χ2v) is 5.53. The van der Waals surface area contributed by atoms with Crippen molar-refractivity contribution >= 4 is 44.9 Å². The Morgan fingerprint density at radius 3 is 2.32 bits per heavy atom. The number of hydrogen-bond acceptors (Lipinski definition) is 2. The second kappa shape index (κ2) is 5.95. The Morgan fingerprint density at radius 1 is 1.11 bits per heavy atom. The predicted octanol–water partition coefficient (Wildman–Crippen LogP) is 5.00. The Hall–Kier alpha value is -1.03. The standard InChI is InChI=1S/C14H9BrCl2O2/c1-19-13-7-11(16)10(6-12(13)17)14(18)8-2-4-9(15)5-3-8/h2-7H,1H3. The third-order valence-corrected chi connectivity index (χ3v) is 3.73. The summed E-state index contributed by atoms with van der Waals surface area (Å²) in [6, 6.07) is 10.1. The average molecular weight is 360 g/mol. The van der Waals surface area contributed by atoms with Crippen LogP contribution in [-0.4, -0.2) is 12.9 Å². The molecule has 0 aromatic heterocycles. The smallest absolute Gasteiger partial charge is 0.194 e. The van der Waals surface area contributed by atoms with Gasteiger partial charge >= 0.3 is 0 Å². The van der Waals surface area contributed by atoms with Crippen LogP contribution in [-0.2, 0) is 0 Å². The van der Waals surface area contributed by atoms with Crippen LogP contribution in [0.2, 0.25) is 10.0 Å². The van der Waals surface area contributed by atoms with Crippen molar-refractivity contribution in [2.24, 2.45) is 0 Å². The average Bonchev–Trinajstić information content (AvgIpc) is 2.41. The molecule has 2 aromatic rings. The van der Waals surface area contributed by atoms with E-state index in [1.807, 2.05) is 0 Å². The molecule has 19 heavy (non-hydrogen) atoms. The van der Waals surface area contributed by atoms with Crippen molar-refractivity contribution in [1.82, 2.24) is 0 Å². The summed E-state index contributed by atoms with van der Waals surface area (Å²) >= 11 is 15.4. The van der Waals surface area contributed by atoms with E-state index in [0.29, 0.717) is 26.9 Å². The number of ketones is 1. The zero-order valence-electron chi connectivity index (χ0n) is 9.91. The second-order valence-electron chi connectivity index (χ2n) is 3.80. The maximum Gasteiger partial charge on any atom is 0.194 e. The molecule has 0 heterocycles. The van der Waals surface area contributed by atoms with Gasteiger partial charge in [0.15, 0.2) is 5.78 Å². The van der Waals surface area contributed by atoms with Gasteiger partial charge in [-0.3, -0.25) is 4.79 Å². The van der Waals surface area contributed by atoms with Gasteiger partial charge in [-0.15, -0.1) is 0 Å². The van der Waals surface area contributed by atoms with Gasteiger partial charge in [0.05, 0.1) is 17.2 Å². The quantitative estimate of drug-likeness (QED) is 0.721. The van der Waals surface area contributed by atoms with Crippen LogP contribution in [0.25, 0.3) is 0 Å². The van der Waals surface area contributed by atoms with Crippen LogP contribution in [0.4, 0.5) is 0 Å². The summed E-state index contributed by atoms with van der Waals surface area (Å²) in [5, 5.41) is 0.668. The van der Waals surface area contributed by atoms with Crippen LogP contribution in [0.15, 0.2) is 40.9 Å². The summed E-state index contributed by atoms with van der Waals surface area (Å²) in [5.74, 6) is 0.265. The molecule has 0 amide bonds. The van der Waals surface area contributed by atoms with Crippen molar-refractivity contribution in [3.8, 4) is 5.75 Å². The van der Waals surface area contributed by atoms with E-state index in [9.17, 15) is 4.79 Å². The lowest BCUT2D eigenvalue weighted by Gasteiger charge is -2.08. The van der Waals surface area contributed by atoms with Gasteiger partial charge in [-0.1, -0.05) is 39.1 Å². The van der Waals surface area contributed by atoms with Crippen LogP contribution >= 0.6 is 39.1 Å². The first kappa shape index (κ1) is 14.4. The van der Waals surface area contributed by atoms with Gasteiger partial charge in [-0.2, -0.15) is 0 Å². The van der Waals surface area contributed by atoms with Gasteiger partial charge < -0.3 is 4.74 Å². The van der Waals surface area contributed by atoms with Crippen LogP contribution in [0, 0.1) is 0 Å². The van der Waals surface area contributed by atoms with Gasteiger partial charge in [-0.05, 0) is 30.3 Å². The van der Waals surface area contributed by atoms with Gasteiger partial charge in [0.25, 0.3) is 0 Å². The highest BCUT2D eigenvalue weighted by atomic mass is 79.9. The van der Waals surface area contributed by atoms with E-state index >= 15 is 0 Å². The van der Waals surface area contributed by atoms with Gasteiger partial charge in [-0.25, -0.2) is 0 Å². The summed E-state index contributed by atoms with van der Waals surface area (Å²) in [5.41, 5.74) is 0.904. The molecule has 0 radical (unpaired) electrons. The lowest BCUT2D eigenvalue weighted by Crippen LogP contribution is -2.02. The van der Waals surface area contributed by atoms with Crippen molar-refractivity contribution in [2.75, 3.05) is 7.11 Å². The summed E-state index contributed by atoms with van der Waals surface area (Å²) in [6.45, 7) is 0. The van der Waals surface area contributed by atoms with Crippen molar-refractivity contribution in [1.29, 1.82) is 0 Å². The molecule has 2 rings (SSSR count). The van der Waals surface area contributed by atoms with E-state index in [4.69, 9.17) is 27.9 Å². The molecule has 0 spiro atoms. The normalized spacial score (nSPS) is 10.3. The van der Waals surface area contributed by atoms with Gasteiger partial charge in [0.1, 0.15) is 5.75 Å². The Bertz CT molecular complexity index is 624. The molecule has 2 nitrogen and oxygen atoms in total. The largest absolute Gasteiger partial charge is 0.495 e. The minimum atomic E-state index is -0.179. The summed E-state index contributed by atoms with van der Waals surface area (Å²) in [6.07, 6.45) is 0. The molecule has 0 fully saturated rings. The van der Waals surface area contributed by atoms with E-state index < -0.39 is 0 Å². The van der Waals surface area contributed by atoms with Crippen LogP contribution in [0.5, 0.6) is 5.75 Å². The zero-order valence-corrected chi connectivity index (χ0v) is 13.0. The van der Waals surface area contributed by atoms with Gasteiger partial charge in [0, 0.05) is 21.7 Å². The van der Waals surface area contributed by atoms with Crippen molar-refractivity contribution in [3.05, 3.63) is 62.0 Å². The first-order valence-electron chi connectivity index (χ1n) is 5.36. The molecule has 0 unspecified atom stereocenters. The van der Waals surface area contributed by atoms with Crippen LogP contribution in [0.3, 0.4) is 0 Å². The molecule has 0 bridgehead atoms. The van der Waals surface area contributed by atoms with E-state index in [-0.39, 0.29) is 5.78 Å². The lowest BCUT2D eigenvalue weighted by atomic mass is 10.0. The Balaban J connectivity index is 2.44. The minimum Gasteiger partial charge on any atom is -0.495 e. The first-order chi connectivity index (χ1) is 9.02. The molecule has 0 aliphatic rings. The minimum absolute atomic E-state index is 0.179. The Labute approximate surface area is 129 Å². The van der Waals surface area contributed by atoms with E-state index in [1.54, 1.807) is 24.3 Å². The van der Waals surface area contributed by atoms with Crippen LogP contribution < -0.4 is 4.74 Å². The topological polar surface area (TPSA) is 26.3 Å². The molecule has 0 saturated carbocycles. The Kier molecular flexibility index (Phi) is 4.50. The molecular formula is C14H9BrCl2O2. The number of methoxy groups -OCH3 is 1. The van der Waals surface area contributed by atoms with E-state index in [1.165, 1.54) is 19.2 Å². The van der Waals surface area contributed by atoms with Crippen molar-refractivity contribution in [2.45, 2.75) is 0 Å². The highest BCUT2D eigenvalue weighted by molar-refractivity contribution is 9.10. The summed E-state index contributed by atoms with van der Waals surface area (Å²) in [4.78, 5) is 12.3. The molecule has 0 N–H and O–H groups in total. The van der Waals surface area contributed by atoms with Crippen LogP contribution in [0.1, 0.15) is 15.9 Å². The highest BCUT2D eigenvalue weighted by Gasteiger charge is 2.16. The first-order valence-corrected chi connectivity index (χ1v) is 6.91. The molecule has 0 aliphatic carbocycles. The maximum atomic E-state index is 12.3. The van der Waals surface area contributed by atoms with Crippen molar-refractivity contribution in [3.63, 3.8) is 0 Å². The number of carbonyl (C=O) groups excluding carboxylic acids is 1. The molecule has 0 saturated heterocycles. The maximum absolute atomic E-state index is 12.3. The molecule has 98 valence electrons. The predicted molar refractivity (Wildman–Crippen MR) is 80.6 cm³/mol. The SMILES string of the molecule is COc1cc(Cl)c(C(=O)c2ccc(Br)cc2)cc1Cl. The molecule has 0 aliphatic heterocycles.